The molecule has 2 saturated carbocycles. The lowest BCUT2D eigenvalue weighted by atomic mass is 10.1. The van der Waals surface area contributed by atoms with Crippen molar-refractivity contribution in [2.45, 2.75) is 38.6 Å². The highest BCUT2D eigenvalue weighted by Gasteiger charge is 2.36. The summed E-state index contributed by atoms with van der Waals surface area (Å²) in [5.41, 5.74) is 1.18. The Labute approximate surface area is 107 Å². The first-order valence-electron chi connectivity index (χ1n) is 6.62. The first-order chi connectivity index (χ1) is 8.66. The van der Waals surface area contributed by atoms with Gasteiger partial charge in [-0.05, 0) is 50.2 Å². The van der Waals surface area contributed by atoms with Gasteiger partial charge in [0.2, 0.25) is 0 Å². The maximum Gasteiger partial charge on any atom is 0.339 e. The van der Waals surface area contributed by atoms with Gasteiger partial charge in [0.15, 0.2) is 0 Å². The molecule has 2 aliphatic carbocycles. The number of carboxylic acids is 1. The number of aromatic nitrogens is 1. The summed E-state index contributed by atoms with van der Waals surface area (Å²) in [5.74, 6) is 0.559. The van der Waals surface area contributed by atoms with Crippen LogP contribution in [-0.2, 0) is 0 Å². The number of hydrogen-bond acceptors (Lipinski definition) is 3. The number of carboxylic acid groups (broad SMARTS) is 1. The minimum absolute atomic E-state index is 0.380. The standard InChI is InChI=1S/C14H18N2O2/c1-9-6-7-15-13(12(9)14(17)18)16(11-4-5-11)8-10-2-3-10/h6-7,10-11H,2-5,8H2,1H3,(H,17,18). The molecule has 1 aromatic rings. The van der Waals surface area contributed by atoms with Crippen molar-refractivity contribution in [2.24, 2.45) is 5.92 Å². The Hall–Kier alpha value is -1.58. The molecule has 0 aliphatic heterocycles. The number of anilines is 1. The SMILES string of the molecule is Cc1ccnc(N(CC2CC2)C2CC2)c1C(=O)O. The van der Waals surface area contributed by atoms with E-state index in [2.05, 4.69) is 9.88 Å². The molecule has 1 aromatic heterocycles. The predicted molar refractivity (Wildman–Crippen MR) is 69.0 cm³/mol. The molecule has 0 amide bonds. The molecule has 1 heterocycles. The highest BCUT2D eigenvalue weighted by molar-refractivity contribution is 5.95. The van der Waals surface area contributed by atoms with Gasteiger partial charge in [-0.3, -0.25) is 0 Å². The van der Waals surface area contributed by atoms with Crippen LogP contribution in [0, 0.1) is 12.8 Å². The van der Waals surface area contributed by atoms with E-state index in [1.807, 2.05) is 6.92 Å². The summed E-state index contributed by atoms with van der Waals surface area (Å²) in [5, 5.41) is 9.38. The fourth-order valence-corrected chi connectivity index (χ4v) is 2.40. The highest BCUT2D eigenvalue weighted by Crippen LogP contribution is 2.38. The van der Waals surface area contributed by atoms with E-state index in [1.165, 1.54) is 25.7 Å². The van der Waals surface area contributed by atoms with E-state index < -0.39 is 5.97 Å². The third-order valence-corrected chi connectivity index (χ3v) is 3.76. The lowest BCUT2D eigenvalue weighted by molar-refractivity contribution is 0.0696. The Kier molecular flexibility index (Phi) is 2.73. The van der Waals surface area contributed by atoms with Gasteiger partial charge in [0.05, 0.1) is 0 Å². The second-order valence-corrected chi connectivity index (χ2v) is 5.46. The zero-order valence-corrected chi connectivity index (χ0v) is 10.6. The minimum Gasteiger partial charge on any atom is -0.478 e. The Bertz CT molecular complexity index is 479. The maximum atomic E-state index is 11.4. The minimum atomic E-state index is -0.864. The third kappa shape index (κ3) is 2.19. The summed E-state index contributed by atoms with van der Waals surface area (Å²) in [6.07, 6.45) is 6.61. The Morgan fingerprint density at radius 2 is 2.17 bits per heavy atom. The maximum absolute atomic E-state index is 11.4. The summed E-state index contributed by atoms with van der Waals surface area (Å²) < 4.78 is 0. The van der Waals surface area contributed by atoms with Crippen molar-refractivity contribution in [2.75, 3.05) is 11.4 Å². The Morgan fingerprint density at radius 1 is 1.44 bits per heavy atom. The van der Waals surface area contributed by atoms with Crippen molar-refractivity contribution in [3.8, 4) is 0 Å². The molecule has 0 atom stereocenters. The number of rotatable bonds is 5. The van der Waals surface area contributed by atoms with Crippen molar-refractivity contribution in [1.82, 2.24) is 4.98 Å². The van der Waals surface area contributed by atoms with Crippen molar-refractivity contribution in [3.63, 3.8) is 0 Å². The number of hydrogen-bond donors (Lipinski definition) is 1. The molecule has 0 spiro atoms. The first kappa shape index (κ1) is 11.5. The molecule has 0 radical (unpaired) electrons. The summed E-state index contributed by atoms with van der Waals surface area (Å²) >= 11 is 0. The van der Waals surface area contributed by atoms with Gasteiger partial charge < -0.3 is 10.0 Å². The van der Waals surface area contributed by atoms with Crippen LogP contribution in [0.15, 0.2) is 12.3 Å². The number of pyridine rings is 1. The fraction of sp³-hybridized carbons (Fsp3) is 0.571. The van der Waals surface area contributed by atoms with Crippen LogP contribution < -0.4 is 4.90 Å². The molecule has 4 nitrogen and oxygen atoms in total. The largest absolute Gasteiger partial charge is 0.478 e. The molecule has 4 heteroatoms. The normalized spacial score (nSPS) is 18.7. The first-order valence-corrected chi connectivity index (χ1v) is 6.62. The molecule has 1 N–H and O–H groups in total. The number of carbonyl (C=O) groups is 1. The quantitative estimate of drug-likeness (QED) is 0.867. The van der Waals surface area contributed by atoms with Gasteiger partial charge in [0.1, 0.15) is 11.4 Å². The summed E-state index contributed by atoms with van der Waals surface area (Å²) in [6.45, 7) is 2.82. The highest BCUT2D eigenvalue weighted by atomic mass is 16.4. The summed E-state index contributed by atoms with van der Waals surface area (Å²) in [6, 6.07) is 2.29. The van der Waals surface area contributed by atoms with Crippen LogP contribution >= 0.6 is 0 Å². The van der Waals surface area contributed by atoms with Crippen LogP contribution in [0.2, 0.25) is 0 Å². The zero-order valence-electron chi connectivity index (χ0n) is 10.6. The average Bonchev–Trinajstić information content (AvgIpc) is 3.17. The zero-order chi connectivity index (χ0) is 12.7. The number of aryl methyl sites for hydroxylation is 1. The van der Waals surface area contributed by atoms with E-state index >= 15 is 0 Å². The monoisotopic (exact) mass is 246 g/mol. The van der Waals surface area contributed by atoms with Gasteiger partial charge in [0.25, 0.3) is 0 Å². The van der Waals surface area contributed by atoms with Crippen LogP contribution in [-0.4, -0.2) is 28.6 Å². The second kappa shape index (κ2) is 4.26. The topological polar surface area (TPSA) is 53.4 Å². The van der Waals surface area contributed by atoms with Gasteiger partial charge in [-0.25, -0.2) is 9.78 Å². The van der Waals surface area contributed by atoms with Crippen molar-refractivity contribution in [1.29, 1.82) is 0 Å². The fourth-order valence-electron chi connectivity index (χ4n) is 2.40. The molecule has 0 unspecified atom stereocenters. The van der Waals surface area contributed by atoms with Crippen LogP contribution in [0.5, 0.6) is 0 Å². The molecule has 18 heavy (non-hydrogen) atoms. The summed E-state index contributed by atoms with van der Waals surface area (Å²) in [4.78, 5) is 18.0. The molecule has 0 bridgehead atoms. The van der Waals surface area contributed by atoms with Gasteiger partial charge in [0, 0.05) is 18.8 Å². The third-order valence-electron chi connectivity index (χ3n) is 3.76. The summed E-state index contributed by atoms with van der Waals surface area (Å²) in [7, 11) is 0. The van der Waals surface area contributed by atoms with Crippen LogP contribution in [0.4, 0.5) is 5.82 Å². The lowest BCUT2D eigenvalue weighted by Crippen LogP contribution is -2.31. The molecular formula is C14H18N2O2. The van der Waals surface area contributed by atoms with Gasteiger partial charge >= 0.3 is 5.97 Å². The van der Waals surface area contributed by atoms with E-state index in [4.69, 9.17) is 0 Å². The second-order valence-electron chi connectivity index (χ2n) is 5.46. The molecule has 2 fully saturated rings. The van der Waals surface area contributed by atoms with Crippen molar-refractivity contribution in [3.05, 3.63) is 23.4 Å². The molecule has 3 rings (SSSR count). The number of nitrogens with zero attached hydrogens (tertiary/aromatic N) is 2. The smallest absolute Gasteiger partial charge is 0.339 e. The van der Waals surface area contributed by atoms with E-state index in [0.717, 1.165) is 18.0 Å². The van der Waals surface area contributed by atoms with Crippen molar-refractivity contribution < 1.29 is 9.90 Å². The molecule has 0 aromatic carbocycles. The average molecular weight is 246 g/mol. The molecule has 2 aliphatic rings. The van der Waals surface area contributed by atoms with Gasteiger partial charge in [-0.15, -0.1) is 0 Å². The van der Waals surface area contributed by atoms with Crippen LogP contribution in [0.25, 0.3) is 0 Å². The molecule has 96 valence electrons. The van der Waals surface area contributed by atoms with Crippen molar-refractivity contribution >= 4 is 11.8 Å². The number of aromatic carboxylic acids is 1. The Balaban J connectivity index is 1.96. The van der Waals surface area contributed by atoms with E-state index in [9.17, 15) is 9.90 Å². The predicted octanol–water partition coefficient (Wildman–Crippen LogP) is 2.47. The van der Waals surface area contributed by atoms with Gasteiger partial charge in [-0.1, -0.05) is 0 Å². The molecular weight excluding hydrogens is 228 g/mol. The van der Waals surface area contributed by atoms with Crippen LogP contribution in [0.1, 0.15) is 41.6 Å². The van der Waals surface area contributed by atoms with Crippen LogP contribution in [0.3, 0.4) is 0 Å². The lowest BCUT2D eigenvalue weighted by Gasteiger charge is -2.25. The molecule has 0 saturated heterocycles. The Morgan fingerprint density at radius 3 is 2.72 bits per heavy atom. The van der Waals surface area contributed by atoms with E-state index in [1.54, 1.807) is 12.3 Å². The van der Waals surface area contributed by atoms with Gasteiger partial charge in [-0.2, -0.15) is 0 Å². The van der Waals surface area contributed by atoms with E-state index in [-0.39, 0.29) is 0 Å². The van der Waals surface area contributed by atoms with E-state index in [0.29, 0.717) is 17.4 Å².